The summed E-state index contributed by atoms with van der Waals surface area (Å²) in [6, 6.07) is 6.91. The zero-order valence-electron chi connectivity index (χ0n) is 10.3. The zero-order chi connectivity index (χ0) is 13.5. The minimum atomic E-state index is -1.18. The summed E-state index contributed by atoms with van der Waals surface area (Å²) < 4.78 is 5.27. The maximum atomic E-state index is 10.9. The number of carbonyl (C=O) groups excluding carboxylic acids is 1. The average molecular weight is 249 g/mol. The molecule has 0 unspecified atom stereocenters. The van der Waals surface area contributed by atoms with E-state index in [1.807, 2.05) is 6.92 Å². The summed E-state index contributed by atoms with van der Waals surface area (Å²) in [5.74, 6) is -0.889. The van der Waals surface area contributed by atoms with Crippen molar-refractivity contribution in [1.29, 1.82) is 0 Å². The van der Waals surface area contributed by atoms with E-state index in [4.69, 9.17) is 9.84 Å². The van der Waals surface area contributed by atoms with Gasteiger partial charge in [-0.2, -0.15) is 0 Å². The van der Waals surface area contributed by atoms with E-state index < -0.39 is 11.9 Å². The Bertz CT molecular complexity index is 462. The van der Waals surface area contributed by atoms with Gasteiger partial charge >= 0.3 is 5.97 Å². The van der Waals surface area contributed by atoms with E-state index >= 15 is 0 Å². The van der Waals surface area contributed by atoms with Crippen LogP contribution in [0.2, 0.25) is 0 Å². The summed E-state index contributed by atoms with van der Waals surface area (Å²) in [5, 5.41) is 11.2. The van der Waals surface area contributed by atoms with Gasteiger partial charge in [-0.25, -0.2) is 4.79 Å². The second-order valence-corrected chi connectivity index (χ2v) is 3.55. The Hall–Kier alpha value is -2.30. The topological polar surface area (TPSA) is 75.6 Å². The summed E-state index contributed by atoms with van der Waals surface area (Å²) >= 11 is 0. The molecule has 0 radical (unpaired) electrons. The first-order valence-electron chi connectivity index (χ1n) is 5.48. The lowest BCUT2D eigenvalue weighted by Crippen LogP contribution is -2.24. The van der Waals surface area contributed by atoms with Gasteiger partial charge in [-0.1, -0.05) is 12.1 Å². The number of hydrogen-bond donors (Lipinski definition) is 2. The molecular formula is C13H15NO4. The predicted octanol–water partition coefficient (Wildman–Crippen LogP) is 1.65. The van der Waals surface area contributed by atoms with Gasteiger partial charge in [0.1, 0.15) is 11.4 Å². The fourth-order valence-corrected chi connectivity index (χ4v) is 1.33. The van der Waals surface area contributed by atoms with Crippen molar-refractivity contribution in [3.63, 3.8) is 0 Å². The van der Waals surface area contributed by atoms with Crippen molar-refractivity contribution in [2.24, 2.45) is 0 Å². The standard InChI is InChI=1S/C13H15NO4/c1-3-18-11-6-4-10(5-7-11)8-12(13(16)17)14-9(2)15/h4-8H,3H2,1-2H3,(H,14,15)(H,16,17)/b12-8-. The van der Waals surface area contributed by atoms with Gasteiger partial charge in [-0.05, 0) is 30.7 Å². The number of carboxylic acid groups (broad SMARTS) is 1. The molecule has 96 valence electrons. The number of benzene rings is 1. The van der Waals surface area contributed by atoms with Crippen LogP contribution in [0.1, 0.15) is 19.4 Å². The van der Waals surface area contributed by atoms with Gasteiger partial charge in [0.2, 0.25) is 5.91 Å². The number of aliphatic carboxylic acids is 1. The Morgan fingerprint density at radius 1 is 1.33 bits per heavy atom. The largest absolute Gasteiger partial charge is 0.494 e. The molecule has 0 aliphatic rings. The van der Waals surface area contributed by atoms with Crippen molar-refractivity contribution >= 4 is 18.0 Å². The Morgan fingerprint density at radius 2 is 1.94 bits per heavy atom. The maximum Gasteiger partial charge on any atom is 0.352 e. The summed E-state index contributed by atoms with van der Waals surface area (Å²) in [6.07, 6.45) is 1.39. The minimum Gasteiger partial charge on any atom is -0.494 e. The van der Waals surface area contributed by atoms with Crippen LogP contribution in [0.15, 0.2) is 30.0 Å². The van der Waals surface area contributed by atoms with Crippen LogP contribution in [-0.4, -0.2) is 23.6 Å². The van der Waals surface area contributed by atoms with Crippen molar-refractivity contribution < 1.29 is 19.4 Å². The van der Waals surface area contributed by atoms with E-state index in [0.29, 0.717) is 17.9 Å². The van der Waals surface area contributed by atoms with Crippen LogP contribution in [0.4, 0.5) is 0 Å². The van der Waals surface area contributed by atoms with Gasteiger partial charge in [0, 0.05) is 6.92 Å². The molecule has 18 heavy (non-hydrogen) atoms. The molecule has 0 atom stereocenters. The Kier molecular flexibility index (Phi) is 4.92. The lowest BCUT2D eigenvalue weighted by molar-refractivity contribution is -0.134. The molecule has 0 fully saturated rings. The smallest absolute Gasteiger partial charge is 0.352 e. The molecule has 0 saturated carbocycles. The van der Waals surface area contributed by atoms with Gasteiger partial charge in [-0.3, -0.25) is 4.79 Å². The lowest BCUT2D eigenvalue weighted by atomic mass is 10.2. The molecule has 0 bridgehead atoms. The monoisotopic (exact) mass is 249 g/mol. The Morgan fingerprint density at radius 3 is 2.39 bits per heavy atom. The first-order valence-corrected chi connectivity index (χ1v) is 5.48. The van der Waals surface area contributed by atoms with E-state index in [9.17, 15) is 9.59 Å². The van der Waals surface area contributed by atoms with Crippen LogP contribution in [0.25, 0.3) is 6.08 Å². The molecule has 5 nitrogen and oxygen atoms in total. The summed E-state index contributed by atoms with van der Waals surface area (Å²) in [5.41, 5.74) is 0.510. The van der Waals surface area contributed by atoms with Crippen molar-refractivity contribution in [3.05, 3.63) is 35.5 Å². The number of nitrogens with one attached hydrogen (secondary N) is 1. The predicted molar refractivity (Wildman–Crippen MR) is 67.0 cm³/mol. The van der Waals surface area contributed by atoms with E-state index in [1.165, 1.54) is 13.0 Å². The van der Waals surface area contributed by atoms with Gasteiger partial charge in [0.25, 0.3) is 0 Å². The van der Waals surface area contributed by atoms with Gasteiger partial charge in [-0.15, -0.1) is 0 Å². The van der Waals surface area contributed by atoms with E-state index in [2.05, 4.69) is 5.32 Å². The van der Waals surface area contributed by atoms with E-state index in [0.717, 1.165) is 0 Å². The molecule has 5 heteroatoms. The molecule has 0 heterocycles. The molecule has 0 spiro atoms. The molecule has 1 aromatic rings. The fourth-order valence-electron chi connectivity index (χ4n) is 1.33. The number of rotatable bonds is 5. The van der Waals surface area contributed by atoms with Crippen LogP contribution >= 0.6 is 0 Å². The molecule has 1 amide bonds. The molecule has 2 N–H and O–H groups in total. The zero-order valence-corrected chi connectivity index (χ0v) is 10.3. The normalized spacial score (nSPS) is 10.9. The lowest BCUT2D eigenvalue weighted by Gasteiger charge is -2.04. The third kappa shape index (κ3) is 4.29. The summed E-state index contributed by atoms with van der Waals surface area (Å²) in [7, 11) is 0. The minimum absolute atomic E-state index is 0.161. The van der Waals surface area contributed by atoms with Crippen LogP contribution in [0.5, 0.6) is 5.75 Å². The number of amides is 1. The first-order chi connectivity index (χ1) is 8.52. The third-order valence-corrected chi connectivity index (χ3v) is 2.04. The second kappa shape index (κ2) is 6.44. The third-order valence-electron chi connectivity index (χ3n) is 2.04. The molecule has 1 aromatic carbocycles. The van der Waals surface area contributed by atoms with Gasteiger partial charge < -0.3 is 15.2 Å². The molecule has 0 saturated heterocycles. The molecule has 1 rings (SSSR count). The molecule has 0 aromatic heterocycles. The number of ether oxygens (including phenoxy) is 1. The number of carbonyl (C=O) groups is 2. The van der Waals surface area contributed by atoms with Crippen molar-refractivity contribution in [1.82, 2.24) is 5.32 Å². The van der Waals surface area contributed by atoms with Crippen molar-refractivity contribution in [3.8, 4) is 5.75 Å². The molecule has 0 aliphatic carbocycles. The first kappa shape index (κ1) is 13.8. The van der Waals surface area contributed by atoms with Crippen molar-refractivity contribution in [2.75, 3.05) is 6.61 Å². The van der Waals surface area contributed by atoms with E-state index in [1.54, 1.807) is 24.3 Å². The van der Waals surface area contributed by atoms with Crippen LogP contribution in [-0.2, 0) is 9.59 Å². The molecular weight excluding hydrogens is 234 g/mol. The second-order valence-electron chi connectivity index (χ2n) is 3.55. The van der Waals surface area contributed by atoms with Gasteiger partial charge in [0.05, 0.1) is 6.61 Å². The SMILES string of the molecule is CCOc1ccc(/C=C(\NC(C)=O)C(=O)O)cc1. The highest BCUT2D eigenvalue weighted by Crippen LogP contribution is 2.14. The van der Waals surface area contributed by atoms with Crippen molar-refractivity contribution in [2.45, 2.75) is 13.8 Å². The summed E-state index contributed by atoms with van der Waals surface area (Å²) in [4.78, 5) is 21.8. The van der Waals surface area contributed by atoms with E-state index in [-0.39, 0.29) is 5.70 Å². The summed E-state index contributed by atoms with van der Waals surface area (Å²) in [6.45, 7) is 3.71. The maximum absolute atomic E-state index is 10.9. The van der Waals surface area contributed by atoms with Crippen LogP contribution in [0, 0.1) is 0 Å². The Labute approximate surface area is 105 Å². The molecule has 0 aliphatic heterocycles. The highest BCUT2D eigenvalue weighted by atomic mass is 16.5. The van der Waals surface area contributed by atoms with Crippen LogP contribution in [0.3, 0.4) is 0 Å². The highest BCUT2D eigenvalue weighted by molar-refractivity contribution is 5.96. The highest BCUT2D eigenvalue weighted by Gasteiger charge is 2.08. The quantitative estimate of drug-likeness (QED) is 0.778. The Balaban J connectivity index is 2.90. The average Bonchev–Trinajstić information content (AvgIpc) is 2.30. The fraction of sp³-hybridized carbons (Fsp3) is 0.231. The van der Waals surface area contributed by atoms with Gasteiger partial charge in [0.15, 0.2) is 0 Å². The van der Waals surface area contributed by atoms with Crippen LogP contribution < -0.4 is 10.1 Å². The number of carboxylic acids is 1. The number of hydrogen-bond acceptors (Lipinski definition) is 3.